The Kier molecular flexibility index (Phi) is 11.9. The minimum absolute atomic E-state index is 0.209. The second kappa shape index (κ2) is 16.2. The first-order valence-electron chi connectivity index (χ1n) is 16.5. The molecule has 1 fully saturated rings. The molecule has 2 amide bonds. The number of carbonyl (C=O) groups excluding carboxylic acids is 2. The Morgan fingerprint density at radius 2 is 1.83 bits per heavy atom. The molecule has 4 N–H and O–H groups in total. The fourth-order valence-electron chi connectivity index (χ4n) is 6.82. The predicted octanol–water partition coefficient (Wildman–Crippen LogP) is 5.28. The van der Waals surface area contributed by atoms with E-state index in [1.807, 2.05) is 18.4 Å². The second-order valence-electron chi connectivity index (χ2n) is 12.4. The van der Waals surface area contributed by atoms with E-state index in [0.29, 0.717) is 53.4 Å². The van der Waals surface area contributed by atoms with Crippen molar-refractivity contribution in [3.05, 3.63) is 51.4 Å². The molecule has 2 atom stereocenters. The van der Waals surface area contributed by atoms with Gasteiger partial charge in [-0.05, 0) is 78.5 Å². The van der Waals surface area contributed by atoms with E-state index < -0.39 is 12.1 Å². The van der Waals surface area contributed by atoms with E-state index in [0.717, 1.165) is 35.7 Å². The van der Waals surface area contributed by atoms with E-state index in [9.17, 15) is 14.4 Å². The molecule has 5 rings (SSSR count). The average molecular weight is 679 g/mol. The highest BCUT2D eigenvalue weighted by atomic mass is 32.2. The third-order valence-corrected chi connectivity index (χ3v) is 9.85. The zero-order valence-electron chi connectivity index (χ0n) is 28.4. The first kappa shape index (κ1) is 35.1. The Balaban J connectivity index is 1.47. The predicted molar refractivity (Wildman–Crippen MR) is 188 cm³/mol. The minimum Gasteiger partial charge on any atom is -0.493 e. The Morgan fingerprint density at radius 1 is 1.06 bits per heavy atom. The average Bonchev–Trinajstić information content (AvgIpc) is 3.71. The summed E-state index contributed by atoms with van der Waals surface area (Å²) in [6.07, 6.45) is 10.5. The Hall–Kier alpha value is -4.26. The number of H-pyrrole nitrogens is 1. The molecule has 2 aliphatic carbocycles. The monoisotopic (exact) mass is 678 g/mol. The molecule has 13 heteroatoms. The van der Waals surface area contributed by atoms with Crippen LogP contribution in [0.4, 0.5) is 11.6 Å². The van der Waals surface area contributed by atoms with Crippen LogP contribution in [0.1, 0.15) is 74.9 Å². The molecule has 0 radical (unpaired) electrons. The van der Waals surface area contributed by atoms with Crippen molar-refractivity contribution in [2.45, 2.75) is 76.8 Å². The van der Waals surface area contributed by atoms with Crippen molar-refractivity contribution in [3.63, 3.8) is 0 Å². The number of benzene rings is 1. The lowest BCUT2D eigenvalue weighted by atomic mass is 9.95. The van der Waals surface area contributed by atoms with Crippen LogP contribution in [0, 0.1) is 5.92 Å². The van der Waals surface area contributed by atoms with Crippen LogP contribution in [-0.2, 0) is 22.4 Å². The summed E-state index contributed by atoms with van der Waals surface area (Å²) >= 11 is 1.61. The van der Waals surface area contributed by atoms with Crippen molar-refractivity contribution in [2.75, 3.05) is 44.0 Å². The number of hydrogen-bond acceptors (Lipinski definition) is 10. The number of nitrogens with zero attached hydrogens (tertiary/aromatic N) is 2. The molecule has 1 heterocycles. The number of methoxy groups -OCH3 is 3. The van der Waals surface area contributed by atoms with E-state index in [4.69, 9.17) is 14.2 Å². The van der Waals surface area contributed by atoms with Crippen molar-refractivity contribution < 1.29 is 23.8 Å². The zero-order chi connectivity index (χ0) is 34.2. The molecule has 12 nitrogen and oxygen atoms in total. The minimum atomic E-state index is -0.731. The van der Waals surface area contributed by atoms with Crippen molar-refractivity contribution in [2.24, 2.45) is 5.92 Å². The SMILES string of the molecule is COc1cc2c(c(OC)c1OC)-c1ccc(N[C@H](CCSC)C(=O)Nc3n[nH]c(CCC4CCCC4)n3)c(=O)cc1[C@@H](NC(C)=O)CC2. The summed E-state index contributed by atoms with van der Waals surface area (Å²) in [6.45, 7) is 1.46. The van der Waals surface area contributed by atoms with Crippen molar-refractivity contribution >= 4 is 35.2 Å². The number of carbonyl (C=O) groups is 2. The molecule has 258 valence electrons. The molecular formula is C35H46N6O6S. The summed E-state index contributed by atoms with van der Waals surface area (Å²) in [5, 5.41) is 16.3. The Labute approximate surface area is 285 Å². The third-order valence-electron chi connectivity index (χ3n) is 9.20. The molecule has 0 saturated heterocycles. The molecule has 0 aliphatic heterocycles. The highest BCUT2D eigenvalue weighted by Crippen LogP contribution is 2.50. The normalized spacial score (nSPS) is 16.2. The number of aryl methyl sites for hydroxylation is 2. The van der Waals surface area contributed by atoms with Gasteiger partial charge in [0.2, 0.25) is 28.9 Å². The van der Waals surface area contributed by atoms with E-state index in [2.05, 4.69) is 31.1 Å². The van der Waals surface area contributed by atoms with Crippen molar-refractivity contribution in [1.82, 2.24) is 20.5 Å². The van der Waals surface area contributed by atoms with E-state index in [1.54, 1.807) is 45.2 Å². The fraction of sp³-hybridized carbons (Fsp3) is 0.514. The summed E-state index contributed by atoms with van der Waals surface area (Å²) in [5.74, 6) is 3.26. The number of nitrogens with one attached hydrogen (secondary N) is 4. The molecule has 0 bridgehead atoms. The smallest absolute Gasteiger partial charge is 0.249 e. The molecule has 1 saturated carbocycles. The maximum atomic E-state index is 13.9. The molecule has 2 aromatic carbocycles. The molecular weight excluding hydrogens is 632 g/mol. The van der Waals surface area contributed by atoms with Crippen LogP contribution in [0.25, 0.3) is 11.1 Å². The maximum Gasteiger partial charge on any atom is 0.249 e. The van der Waals surface area contributed by atoms with Crippen molar-refractivity contribution in [3.8, 4) is 28.4 Å². The first-order chi connectivity index (χ1) is 23.3. The van der Waals surface area contributed by atoms with Gasteiger partial charge in [0.15, 0.2) is 11.5 Å². The number of aromatic nitrogens is 3. The third kappa shape index (κ3) is 8.05. The van der Waals surface area contributed by atoms with Crippen LogP contribution in [0.3, 0.4) is 0 Å². The highest BCUT2D eigenvalue weighted by molar-refractivity contribution is 7.98. The molecule has 48 heavy (non-hydrogen) atoms. The van der Waals surface area contributed by atoms with Crippen LogP contribution in [0.5, 0.6) is 17.2 Å². The number of hydrogen-bond donors (Lipinski definition) is 4. The number of amides is 2. The van der Waals surface area contributed by atoms with Gasteiger partial charge in [0.25, 0.3) is 0 Å². The number of thioether (sulfide) groups is 1. The van der Waals surface area contributed by atoms with Crippen LogP contribution in [0.2, 0.25) is 0 Å². The van der Waals surface area contributed by atoms with Gasteiger partial charge in [-0.2, -0.15) is 16.7 Å². The number of fused-ring (bicyclic) bond motifs is 3. The molecule has 0 spiro atoms. The number of rotatable bonds is 14. The van der Waals surface area contributed by atoms with Crippen LogP contribution in [0.15, 0.2) is 29.1 Å². The zero-order valence-corrected chi connectivity index (χ0v) is 29.2. The summed E-state index contributed by atoms with van der Waals surface area (Å²) in [5.41, 5.74) is 2.97. The van der Waals surface area contributed by atoms with Gasteiger partial charge in [-0.15, -0.1) is 5.10 Å². The van der Waals surface area contributed by atoms with Crippen molar-refractivity contribution in [1.29, 1.82) is 0 Å². The van der Waals surface area contributed by atoms with E-state index >= 15 is 0 Å². The van der Waals surface area contributed by atoms with E-state index in [-0.39, 0.29) is 28.9 Å². The van der Waals surface area contributed by atoms with Gasteiger partial charge < -0.3 is 24.8 Å². The fourth-order valence-corrected chi connectivity index (χ4v) is 7.29. The number of aromatic amines is 1. The van der Waals surface area contributed by atoms with Gasteiger partial charge in [0.05, 0.1) is 33.1 Å². The molecule has 3 aromatic rings. The van der Waals surface area contributed by atoms with Crippen LogP contribution in [-0.4, -0.2) is 66.4 Å². The second-order valence-corrected chi connectivity index (χ2v) is 13.3. The standard InChI is InChI=1S/C35H46N6O6S/c1-20(42)36-25-13-11-22-18-29(45-2)32(46-3)33(47-4)31(22)23-12-14-26(28(43)19-24(23)25)37-27(16-17-48-5)34(44)39-35-38-30(40-41-35)15-10-21-8-6-7-9-21/h12,14,18-19,21,25,27H,6-11,13,15-17H2,1-5H3,(H,36,42)(H,37,43)(H2,38,39,40,41,44)/t25-,27+/m0/s1. The summed E-state index contributed by atoms with van der Waals surface area (Å²) in [4.78, 5) is 44.3. The quantitative estimate of drug-likeness (QED) is 0.177. The molecule has 0 unspecified atom stereocenters. The lowest BCUT2D eigenvalue weighted by Crippen LogP contribution is -2.36. The summed E-state index contributed by atoms with van der Waals surface area (Å²) in [6, 6.07) is 5.80. The van der Waals surface area contributed by atoms with Crippen LogP contribution < -0.4 is 35.6 Å². The molecule has 1 aromatic heterocycles. The maximum absolute atomic E-state index is 13.9. The van der Waals surface area contributed by atoms with Gasteiger partial charge in [0, 0.05) is 18.9 Å². The molecule has 2 aliphatic rings. The largest absolute Gasteiger partial charge is 0.493 e. The first-order valence-corrected chi connectivity index (χ1v) is 17.9. The Bertz CT molecular complexity index is 1670. The van der Waals surface area contributed by atoms with Gasteiger partial charge >= 0.3 is 0 Å². The lowest BCUT2D eigenvalue weighted by Gasteiger charge is -2.19. The number of anilines is 2. The summed E-state index contributed by atoms with van der Waals surface area (Å²) < 4.78 is 17.2. The lowest BCUT2D eigenvalue weighted by molar-refractivity contribution is -0.120. The van der Waals surface area contributed by atoms with E-state index in [1.165, 1.54) is 32.6 Å². The van der Waals surface area contributed by atoms with Gasteiger partial charge in [-0.1, -0.05) is 31.7 Å². The van der Waals surface area contributed by atoms with Gasteiger partial charge in [-0.3, -0.25) is 24.8 Å². The van der Waals surface area contributed by atoms with Gasteiger partial charge in [-0.25, -0.2) is 0 Å². The van der Waals surface area contributed by atoms with Crippen LogP contribution >= 0.6 is 11.8 Å². The topological polar surface area (TPSA) is 157 Å². The number of ether oxygens (including phenoxy) is 3. The highest BCUT2D eigenvalue weighted by Gasteiger charge is 2.30. The van der Waals surface area contributed by atoms with Gasteiger partial charge in [0.1, 0.15) is 11.9 Å². The Morgan fingerprint density at radius 3 is 2.52 bits per heavy atom. The summed E-state index contributed by atoms with van der Waals surface area (Å²) in [7, 11) is 4.67.